The Morgan fingerprint density at radius 3 is 2.49 bits per heavy atom. The summed E-state index contributed by atoms with van der Waals surface area (Å²) in [4.78, 5) is 0.0936. The van der Waals surface area contributed by atoms with Crippen LogP contribution in [0.3, 0.4) is 0 Å². The van der Waals surface area contributed by atoms with Crippen LogP contribution in [0.1, 0.15) is 52.3 Å². The van der Waals surface area contributed by atoms with Crippen molar-refractivity contribution >= 4 is 10.0 Å². The number of sulfonamides is 1. The summed E-state index contributed by atoms with van der Waals surface area (Å²) in [5, 5.41) is 13.1. The van der Waals surface area contributed by atoms with Gasteiger partial charge in [0, 0.05) is 23.2 Å². The zero-order valence-corrected chi connectivity index (χ0v) is 22.2. The fourth-order valence-electron chi connectivity index (χ4n) is 4.61. The van der Waals surface area contributed by atoms with Crippen molar-refractivity contribution in [1.82, 2.24) is 10.2 Å². The molecule has 0 unspecified atom stereocenters. The van der Waals surface area contributed by atoms with Crippen LogP contribution in [0.4, 0.5) is 13.2 Å². The molecule has 1 aliphatic rings. The summed E-state index contributed by atoms with van der Waals surface area (Å²) in [5.41, 5.74) is 5.85. The molecule has 2 aromatic carbocycles. The van der Waals surface area contributed by atoms with Crippen LogP contribution >= 0.6 is 0 Å². The maximum absolute atomic E-state index is 12.9. The molecule has 39 heavy (non-hydrogen) atoms. The molecule has 2 heterocycles. The fourth-order valence-corrected chi connectivity index (χ4v) is 5.38. The van der Waals surface area contributed by atoms with E-state index in [0.29, 0.717) is 23.7 Å². The molecule has 5 rings (SSSR count). The summed E-state index contributed by atoms with van der Waals surface area (Å²) in [6, 6.07) is 12.9. The lowest BCUT2D eigenvalue weighted by Crippen LogP contribution is -2.13. The van der Waals surface area contributed by atoms with Crippen LogP contribution in [0.15, 0.2) is 57.8 Å². The summed E-state index contributed by atoms with van der Waals surface area (Å²) in [7, 11) is -3.81. The van der Waals surface area contributed by atoms with Gasteiger partial charge >= 0.3 is 6.18 Å². The number of primary sulfonamides is 1. The predicted molar refractivity (Wildman–Crippen MR) is 139 cm³/mol. The highest BCUT2D eigenvalue weighted by Gasteiger charge is 2.34. The van der Waals surface area contributed by atoms with E-state index in [1.54, 1.807) is 13.0 Å². The highest BCUT2D eigenvalue weighted by Crippen LogP contribution is 2.37. The van der Waals surface area contributed by atoms with Crippen molar-refractivity contribution in [1.29, 1.82) is 0 Å². The van der Waals surface area contributed by atoms with E-state index in [9.17, 15) is 21.6 Å². The van der Waals surface area contributed by atoms with Crippen molar-refractivity contribution in [2.24, 2.45) is 11.1 Å². The van der Waals surface area contributed by atoms with Gasteiger partial charge in [0.15, 0.2) is 0 Å². The van der Waals surface area contributed by atoms with Crippen molar-refractivity contribution < 1.29 is 30.7 Å². The van der Waals surface area contributed by atoms with Gasteiger partial charge in [-0.3, -0.25) is 5.10 Å². The first-order valence-corrected chi connectivity index (χ1v) is 14.0. The molecule has 1 fully saturated rings. The normalized spacial score (nSPS) is 14.1. The second-order valence-electron chi connectivity index (χ2n) is 10.0. The number of hydrogen-bond donors (Lipinski definition) is 2. The average Bonchev–Trinajstić information content (AvgIpc) is 3.37. The SMILES string of the molecule is Cc1ccc(-c2n[nH]c(CC3CC3)c2Cc2ccc(S(N)(=O)=O)c(C)c2)cc1OCc1ccc(C(F)(F)F)o1. The molecule has 0 bridgehead atoms. The van der Waals surface area contributed by atoms with Crippen molar-refractivity contribution in [2.45, 2.75) is 57.2 Å². The van der Waals surface area contributed by atoms with E-state index < -0.39 is 22.0 Å². The molecule has 4 aromatic rings. The maximum Gasteiger partial charge on any atom is 0.449 e. The molecular weight excluding hydrogens is 531 g/mol. The Morgan fingerprint density at radius 2 is 1.85 bits per heavy atom. The number of alkyl halides is 3. The third-order valence-electron chi connectivity index (χ3n) is 6.84. The van der Waals surface area contributed by atoms with Gasteiger partial charge in [0.25, 0.3) is 0 Å². The number of nitrogens with two attached hydrogens (primary N) is 1. The van der Waals surface area contributed by atoms with Crippen molar-refractivity contribution in [2.75, 3.05) is 0 Å². The number of ether oxygens (including phenoxy) is 1. The number of aromatic amines is 1. The third-order valence-corrected chi connectivity index (χ3v) is 7.91. The molecule has 7 nitrogen and oxygen atoms in total. The Labute approximate surface area is 224 Å². The van der Waals surface area contributed by atoms with Crippen LogP contribution in [0.25, 0.3) is 11.3 Å². The number of hydrogen-bond acceptors (Lipinski definition) is 5. The first-order valence-electron chi connectivity index (χ1n) is 12.5. The van der Waals surface area contributed by atoms with Crippen LogP contribution < -0.4 is 9.88 Å². The topological polar surface area (TPSA) is 111 Å². The second kappa shape index (κ2) is 10.2. The van der Waals surface area contributed by atoms with Crippen LogP contribution in [0.5, 0.6) is 5.75 Å². The third kappa shape index (κ3) is 6.20. The average molecular weight is 560 g/mol. The van der Waals surface area contributed by atoms with Gasteiger partial charge in [-0.05, 0) is 80.0 Å². The van der Waals surface area contributed by atoms with Crippen molar-refractivity contribution in [3.63, 3.8) is 0 Å². The minimum absolute atomic E-state index is 0.0672. The number of benzene rings is 2. The first kappa shape index (κ1) is 27.0. The summed E-state index contributed by atoms with van der Waals surface area (Å²) in [6.07, 6.45) is -0.829. The summed E-state index contributed by atoms with van der Waals surface area (Å²) in [5.74, 6) is 0.111. The van der Waals surface area contributed by atoms with Crippen LogP contribution in [0, 0.1) is 19.8 Å². The van der Waals surface area contributed by atoms with E-state index in [0.717, 1.165) is 46.1 Å². The number of rotatable bonds is 9. The Kier molecular flexibility index (Phi) is 7.06. The molecule has 206 valence electrons. The van der Waals surface area contributed by atoms with Gasteiger partial charge in [-0.15, -0.1) is 0 Å². The number of halogens is 3. The van der Waals surface area contributed by atoms with Gasteiger partial charge in [0.1, 0.15) is 18.1 Å². The summed E-state index contributed by atoms with van der Waals surface area (Å²) >= 11 is 0. The Hall–Kier alpha value is -3.57. The first-order chi connectivity index (χ1) is 18.4. The lowest BCUT2D eigenvalue weighted by molar-refractivity contribution is -0.153. The standard InChI is InChI=1S/C28H28F3N3O4S/c1-16-3-7-20(14-24(16)37-15-21-8-10-26(38-21)28(29,30)31)27-22(23(33-34-27)13-18-4-5-18)12-19-6-9-25(17(2)11-19)39(32,35)36/h3,6-11,14,18H,4-5,12-13,15H2,1-2H3,(H,33,34)(H2,32,35,36). The Balaban J connectivity index is 1.43. The minimum Gasteiger partial charge on any atom is -0.485 e. The van der Waals surface area contributed by atoms with Crippen LogP contribution in [-0.4, -0.2) is 18.6 Å². The maximum atomic E-state index is 12.9. The molecule has 11 heteroatoms. The lowest BCUT2D eigenvalue weighted by Gasteiger charge is -2.12. The molecule has 0 amide bonds. The molecule has 3 N–H and O–H groups in total. The highest BCUT2D eigenvalue weighted by atomic mass is 32.2. The quantitative estimate of drug-likeness (QED) is 0.258. The van der Waals surface area contributed by atoms with E-state index in [2.05, 4.69) is 10.2 Å². The van der Waals surface area contributed by atoms with E-state index in [1.165, 1.54) is 25.0 Å². The molecule has 0 aliphatic heterocycles. The number of nitrogens with zero attached hydrogens (tertiary/aromatic N) is 1. The second-order valence-corrected chi connectivity index (χ2v) is 11.6. The molecular formula is C28H28F3N3O4S. The zero-order valence-electron chi connectivity index (χ0n) is 21.4. The molecule has 1 saturated carbocycles. The van der Waals surface area contributed by atoms with Gasteiger partial charge in [-0.25, -0.2) is 13.6 Å². The number of nitrogens with one attached hydrogen (secondary N) is 1. The van der Waals surface area contributed by atoms with Gasteiger partial charge in [0.2, 0.25) is 15.8 Å². The van der Waals surface area contributed by atoms with Crippen molar-refractivity contribution in [3.05, 3.63) is 88.0 Å². The van der Waals surface area contributed by atoms with E-state index in [4.69, 9.17) is 14.3 Å². The van der Waals surface area contributed by atoms with Gasteiger partial charge in [0.05, 0.1) is 10.6 Å². The molecule has 0 atom stereocenters. The predicted octanol–water partition coefficient (Wildman–Crippen LogP) is 6.08. The van der Waals surface area contributed by atoms with E-state index >= 15 is 0 Å². The molecule has 1 aliphatic carbocycles. The smallest absolute Gasteiger partial charge is 0.449 e. The van der Waals surface area contributed by atoms with Crippen molar-refractivity contribution in [3.8, 4) is 17.0 Å². The molecule has 0 radical (unpaired) electrons. The molecule has 0 saturated heterocycles. The molecule has 0 spiro atoms. The fraction of sp³-hybridized carbons (Fsp3) is 0.321. The van der Waals surface area contributed by atoms with Crippen LogP contribution in [-0.2, 0) is 35.6 Å². The van der Waals surface area contributed by atoms with E-state index in [-0.39, 0.29) is 17.3 Å². The number of aromatic nitrogens is 2. The number of aryl methyl sites for hydroxylation is 2. The Bertz CT molecular complexity index is 1620. The zero-order chi connectivity index (χ0) is 27.9. The molecule has 2 aromatic heterocycles. The summed E-state index contributed by atoms with van der Waals surface area (Å²) in [6.45, 7) is 3.41. The van der Waals surface area contributed by atoms with Gasteiger partial charge in [-0.2, -0.15) is 18.3 Å². The van der Waals surface area contributed by atoms with Gasteiger partial charge in [-0.1, -0.05) is 24.3 Å². The number of furan rings is 1. The monoisotopic (exact) mass is 559 g/mol. The van der Waals surface area contributed by atoms with Gasteiger partial charge < -0.3 is 9.15 Å². The Morgan fingerprint density at radius 1 is 1.08 bits per heavy atom. The largest absolute Gasteiger partial charge is 0.485 e. The number of H-pyrrole nitrogens is 1. The van der Waals surface area contributed by atoms with E-state index in [1.807, 2.05) is 31.2 Å². The van der Waals surface area contributed by atoms with Crippen LogP contribution in [0.2, 0.25) is 0 Å². The summed E-state index contributed by atoms with van der Waals surface area (Å²) < 4.78 is 73.0. The highest BCUT2D eigenvalue weighted by molar-refractivity contribution is 7.89. The lowest BCUT2D eigenvalue weighted by atomic mass is 9.96. The minimum atomic E-state index is -4.56.